The van der Waals surface area contributed by atoms with E-state index in [1.807, 2.05) is 0 Å². The summed E-state index contributed by atoms with van der Waals surface area (Å²) in [5.74, 6) is 0. The molecular weight excluding hydrogens is 158 g/mol. The molecule has 2 aromatic heterocycles. The molecular formula is C7H7N3O2. The van der Waals surface area contributed by atoms with E-state index < -0.39 is 0 Å². The second-order valence-corrected chi connectivity index (χ2v) is 2.60. The monoisotopic (exact) mass is 165 g/mol. The molecule has 0 aliphatic heterocycles. The second-order valence-electron chi connectivity index (χ2n) is 2.60. The lowest BCUT2D eigenvalue weighted by molar-refractivity contribution is 0.923. The van der Waals surface area contributed by atoms with Gasteiger partial charge in [-0.3, -0.25) is 19.8 Å². The van der Waals surface area contributed by atoms with Gasteiger partial charge in [-0.05, 0) is 6.07 Å². The van der Waals surface area contributed by atoms with Crippen molar-refractivity contribution in [3.05, 3.63) is 33.0 Å². The number of nitrogens with one attached hydrogen (secondary N) is 2. The van der Waals surface area contributed by atoms with Crippen molar-refractivity contribution in [2.75, 3.05) is 0 Å². The van der Waals surface area contributed by atoms with E-state index in [4.69, 9.17) is 0 Å². The number of hydrogen-bond acceptors (Lipinski definition) is 2. The zero-order chi connectivity index (χ0) is 8.72. The maximum Gasteiger partial charge on any atom is 0.287 e. The molecule has 62 valence electrons. The molecule has 12 heavy (non-hydrogen) atoms. The Kier molecular flexibility index (Phi) is 1.21. The fraction of sp³-hybridized carbons (Fsp3) is 0.143. The second kappa shape index (κ2) is 2.10. The lowest BCUT2D eigenvalue weighted by Crippen LogP contribution is -2.19. The van der Waals surface area contributed by atoms with E-state index in [-0.39, 0.29) is 11.1 Å². The molecule has 5 nitrogen and oxygen atoms in total. The highest BCUT2D eigenvalue weighted by molar-refractivity contribution is 5.77. The summed E-state index contributed by atoms with van der Waals surface area (Å²) >= 11 is 0. The Morgan fingerprint density at radius 3 is 2.58 bits per heavy atom. The van der Waals surface area contributed by atoms with Crippen LogP contribution in [0.1, 0.15) is 0 Å². The SMILES string of the molecule is Cn1ccc2c(=O)[nH][nH]c(=O)c21. The average Bonchev–Trinajstić information content (AvgIpc) is 2.42. The minimum absolute atomic E-state index is 0.273. The highest BCUT2D eigenvalue weighted by atomic mass is 16.1. The fourth-order valence-electron chi connectivity index (χ4n) is 1.24. The molecule has 0 aromatic carbocycles. The van der Waals surface area contributed by atoms with E-state index >= 15 is 0 Å². The van der Waals surface area contributed by atoms with Crippen molar-refractivity contribution in [1.82, 2.24) is 14.8 Å². The number of aromatic amines is 2. The standard InChI is InChI=1S/C7H7N3O2/c1-10-3-2-4-5(10)7(12)9-8-6(4)11/h2-3H,1H3,(H,8,11)(H,9,12). The molecule has 0 aliphatic rings. The van der Waals surface area contributed by atoms with Crippen molar-refractivity contribution in [2.45, 2.75) is 0 Å². The van der Waals surface area contributed by atoms with Gasteiger partial charge >= 0.3 is 0 Å². The molecule has 2 aromatic rings. The number of fused-ring (bicyclic) bond motifs is 1. The van der Waals surface area contributed by atoms with Crippen molar-refractivity contribution in [1.29, 1.82) is 0 Å². The largest absolute Gasteiger partial charge is 0.346 e. The smallest absolute Gasteiger partial charge is 0.287 e. The normalized spacial score (nSPS) is 10.8. The van der Waals surface area contributed by atoms with Crippen molar-refractivity contribution >= 4 is 10.9 Å². The third kappa shape index (κ3) is 0.730. The first-order valence-electron chi connectivity index (χ1n) is 3.46. The van der Waals surface area contributed by atoms with Crippen LogP contribution in [0.2, 0.25) is 0 Å². The van der Waals surface area contributed by atoms with Crippen LogP contribution in [-0.2, 0) is 7.05 Å². The van der Waals surface area contributed by atoms with Gasteiger partial charge in [0.25, 0.3) is 11.1 Å². The van der Waals surface area contributed by atoms with Crippen LogP contribution in [0.3, 0.4) is 0 Å². The van der Waals surface area contributed by atoms with E-state index in [9.17, 15) is 9.59 Å². The molecule has 0 radical (unpaired) electrons. The Morgan fingerprint density at radius 1 is 1.25 bits per heavy atom. The van der Waals surface area contributed by atoms with Crippen LogP contribution in [0.15, 0.2) is 21.9 Å². The highest BCUT2D eigenvalue weighted by Gasteiger charge is 2.04. The summed E-state index contributed by atoms with van der Waals surface area (Å²) in [7, 11) is 1.72. The Morgan fingerprint density at radius 2 is 1.92 bits per heavy atom. The number of aromatic nitrogens is 3. The maximum atomic E-state index is 11.2. The summed E-state index contributed by atoms with van der Waals surface area (Å²) in [6.07, 6.45) is 1.68. The summed E-state index contributed by atoms with van der Waals surface area (Å²) in [5, 5.41) is 4.92. The van der Waals surface area contributed by atoms with Gasteiger partial charge in [-0.15, -0.1) is 0 Å². The summed E-state index contributed by atoms with van der Waals surface area (Å²) in [6, 6.07) is 1.61. The number of H-pyrrole nitrogens is 2. The van der Waals surface area contributed by atoms with Crippen LogP contribution in [0.25, 0.3) is 10.9 Å². The van der Waals surface area contributed by atoms with E-state index in [1.54, 1.807) is 23.9 Å². The highest BCUT2D eigenvalue weighted by Crippen LogP contribution is 2.02. The zero-order valence-corrected chi connectivity index (χ0v) is 6.42. The van der Waals surface area contributed by atoms with Gasteiger partial charge in [0.15, 0.2) is 0 Å². The van der Waals surface area contributed by atoms with Crippen molar-refractivity contribution in [3.63, 3.8) is 0 Å². The van der Waals surface area contributed by atoms with Gasteiger partial charge < -0.3 is 4.57 Å². The topological polar surface area (TPSA) is 70.7 Å². The average molecular weight is 165 g/mol. The molecule has 0 saturated heterocycles. The summed E-state index contributed by atoms with van der Waals surface area (Å²) < 4.78 is 1.61. The Balaban J connectivity index is 3.20. The lowest BCUT2D eigenvalue weighted by Gasteiger charge is -1.91. The van der Waals surface area contributed by atoms with Crippen LogP contribution in [0.4, 0.5) is 0 Å². The number of aryl methyl sites for hydroxylation is 1. The van der Waals surface area contributed by atoms with Gasteiger partial charge in [-0.1, -0.05) is 0 Å². The molecule has 2 heterocycles. The molecule has 0 fully saturated rings. The molecule has 0 saturated carbocycles. The van der Waals surface area contributed by atoms with E-state index in [0.29, 0.717) is 10.9 Å². The quantitative estimate of drug-likeness (QED) is 0.555. The van der Waals surface area contributed by atoms with Crippen molar-refractivity contribution in [3.8, 4) is 0 Å². The predicted octanol–water partition coefficient (Wildman–Crippen LogP) is -0.445. The Hall–Kier alpha value is -1.78. The maximum absolute atomic E-state index is 11.2. The predicted molar refractivity (Wildman–Crippen MR) is 44.2 cm³/mol. The molecule has 0 amide bonds. The molecule has 0 aliphatic carbocycles. The van der Waals surface area contributed by atoms with Crippen LogP contribution in [-0.4, -0.2) is 14.8 Å². The Labute approximate surface area is 66.6 Å². The number of rotatable bonds is 0. The minimum Gasteiger partial charge on any atom is -0.346 e. The lowest BCUT2D eigenvalue weighted by atomic mass is 10.4. The molecule has 5 heteroatoms. The van der Waals surface area contributed by atoms with Crippen LogP contribution in [0, 0.1) is 0 Å². The first kappa shape index (κ1) is 6.90. The number of hydrogen-bond donors (Lipinski definition) is 2. The first-order chi connectivity index (χ1) is 5.70. The first-order valence-corrected chi connectivity index (χ1v) is 3.46. The van der Waals surface area contributed by atoms with Gasteiger partial charge in [0.2, 0.25) is 0 Å². The van der Waals surface area contributed by atoms with Crippen LogP contribution < -0.4 is 11.1 Å². The van der Waals surface area contributed by atoms with Crippen LogP contribution in [0.5, 0.6) is 0 Å². The van der Waals surface area contributed by atoms with Gasteiger partial charge in [0.1, 0.15) is 5.52 Å². The number of nitrogens with zero attached hydrogens (tertiary/aromatic N) is 1. The molecule has 0 spiro atoms. The minimum atomic E-state index is -0.280. The van der Waals surface area contributed by atoms with Gasteiger partial charge in [0.05, 0.1) is 5.39 Å². The van der Waals surface area contributed by atoms with E-state index in [1.165, 1.54) is 0 Å². The molecule has 0 atom stereocenters. The van der Waals surface area contributed by atoms with Gasteiger partial charge in [0, 0.05) is 13.2 Å². The molecule has 0 unspecified atom stereocenters. The molecule has 2 rings (SSSR count). The summed E-state index contributed by atoms with van der Waals surface area (Å²) in [6.45, 7) is 0. The van der Waals surface area contributed by atoms with E-state index in [0.717, 1.165) is 0 Å². The third-order valence-electron chi connectivity index (χ3n) is 1.82. The van der Waals surface area contributed by atoms with Crippen molar-refractivity contribution in [2.24, 2.45) is 7.05 Å². The third-order valence-corrected chi connectivity index (χ3v) is 1.82. The summed E-state index contributed by atoms with van der Waals surface area (Å²) in [5.41, 5.74) is -0.152. The molecule has 0 bridgehead atoms. The van der Waals surface area contributed by atoms with Crippen molar-refractivity contribution < 1.29 is 0 Å². The fourth-order valence-corrected chi connectivity index (χ4v) is 1.24. The zero-order valence-electron chi connectivity index (χ0n) is 6.42. The van der Waals surface area contributed by atoms with Gasteiger partial charge in [-0.2, -0.15) is 0 Å². The van der Waals surface area contributed by atoms with Gasteiger partial charge in [-0.25, -0.2) is 0 Å². The summed E-state index contributed by atoms with van der Waals surface area (Å²) in [4.78, 5) is 22.3. The van der Waals surface area contributed by atoms with E-state index in [2.05, 4.69) is 10.2 Å². The molecule has 2 N–H and O–H groups in total. The Bertz CT molecular complexity index is 531. The van der Waals surface area contributed by atoms with Crippen LogP contribution >= 0.6 is 0 Å².